The molecule has 3 heterocycles. The van der Waals surface area contributed by atoms with Crippen molar-refractivity contribution in [3.63, 3.8) is 0 Å². The van der Waals surface area contributed by atoms with Gasteiger partial charge >= 0.3 is 0 Å². The third-order valence-corrected chi connectivity index (χ3v) is 4.79. The fourth-order valence-corrected chi connectivity index (χ4v) is 3.62. The van der Waals surface area contributed by atoms with E-state index < -0.39 is 0 Å². The summed E-state index contributed by atoms with van der Waals surface area (Å²) in [6, 6.07) is 12.4. The van der Waals surface area contributed by atoms with Gasteiger partial charge in [0.1, 0.15) is 11.5 Å². The number of rotatable bonds is 6. The van der Waals surface area contributed by atoms with Crippen molar-refractivity contribution in [2.45, 2.75) is 39.2 Å². The van der Waals surface area contributed by atoms with Gasteiger partial charge in [-0.3, -0.25) is 0 Å². The highest BCUT2D eigenvalue weighted by molar-refractivity contribution is 5.62. The molecule has 1 atom stereocenters. The molecule has 1 fully saturated rings. The second-order valence-corrected chi connectivity index (χ2v) is 7.42. The number of benzene rings is 1. The largest absolute Gasteiger partial charge is 0.381 e. The highest BCUT2D eigenvalue weighted by Gasteiger charge is 2.26. The normalized spacial score (nSPS) is 17.3. The van der Waals surface area contributed by atoms with Crippen LogP contribution in [0.5, 0.6) is 0 Å². The summed E-state index contributed by atoms with van der Waals surface area (Å²) in [6.07, 6.45) is 3.87. The molecule has 0 radical (unpaired) electrons. The van der Waals surface area contributed by atoms with Crippen molar-refractivity contribution in [1.82, 2.24) is 14.7 Å². The first kappa shape index (κ1) is 17.0. The molecule has 2 aromatic heterocycles. The molecule has 1 saturated heterocycles. The van der Waals surface area contributed by atoms with E-state index in [-0.39, 0.29) is 0 Å². The van der Waals surface area contributed by atoms with Crippen molar-refractivity contribution in [2.24, 2.45) is 5.92 Å². The van der Waals surface area contributed by atoms with E-state index in [0.717, 1.165) is 48.8 Å². The Hall–Kier alpha value is -2.40. The molecule has 0 bridgehead atoms. The molecule has 1 aliphatic rings. The van der Waals surface area contributed by atoms with Crippen LogP contribution in [0.2, 0.25) is 0 Å². The lowest BCUT2D eigenvalue weighted by atomic mass is 9.99. The summed E-state index contributed by atoms with van der Waals surface area (Å²) < 4.78 is 13.4. The predicted molar refractivity (Wildman–Crippen MR) is 100.0 cm³/mol. The lowest BCUT2D eigenvalue weighted by molar-refractivity contribution is 0.193. The Labute approximate surface area is 154 Å². The summed E-state index contributed by atoms with van der Waals surface area (Å²) in [5.74, 6) is 1.87. The third-order valence-electron chi connectivity index (χ3n) is 4.79. The fraction of sp³-hybridized carbons (Fsp3) is 0.429. The van der Waals surface area contributed by atoms with Gasteiger partial charge in [0.25, 0.3) is 0 Å². The van der Waals surface area contributed by atoms with Gasteiger partial charge in [-0.1, -0.05) is 49.3 Å². The lowest BCUT2D eigenvalue weighted by Gasteiger charge is -2.14. The topological polar surface area (TPSA) is 53.1 Å². The Balaban J connectivity index is 1.65. The smallest absolute Gasteiger partial charge is 0.137 e. The van der Waals surface area contributed by atoms with Crippen LogP contribution in [0.4, 0.5) is 0 Å². The minimum absolute atomic E-state index is 0.370. The second kappa shape index (κ2) is 7.46. The second-order valence-electron chi connectivity index (χ2n) is 7.42. The zero-order valence-electron chi connectivity index (χ0n) is 15.4. The number of imidazole rings is 1. The molecule has 0 unspecified atom stereocenters. The van der Waals surface area contributed by atoms with Crippen LogP contribution in [0.25, 0.3) is 11.3 Å². The molecule has 0 spiro atoms. The SMILES string of the molecule is CC(C)Cc1cc(Cn2cnc(-c3ccccc3)c2[C@@H]2CCOC2)no1. The van der Waals surface area contributed by atoms with Gasteiger partial charge in [-0.2, -0.15) is 0 Å². The Bertz CT molecular complexity index is 845. The molecule has 1 aromatic carbocycles. The van der Waals surface area contributed by atoms with Crippen LogP contribution in [0.1, 0.15) is 43.3 Å². The molecule has 0 amide bonds. The number of hydrogen-bond acceptors (Lipinski definition) is 4. The van der Waals surface area contributed by atoms with Gasteiger partial charge < -0.3 is 13.8 Å². The van der Waals surface area contributed by atoms with E-state index in [1.807, 2.05) is 12.4 Å². The van der Waals surface area contributed by atoms with Gasteiger partial charge in [0.15, 0.2) is 0 Å². The van der Waals surface area contributed by atoms with Gasteiger partial charge in [-0.15, -0.1) is 0 Å². The quantitative estimate of drug-likeness (QED) is 0.665. The maximum Gasteiger partial charge on any atom is 0.137 e. The highest BCUT2D eigenvalue weighted by Crippen LogP contribution is 2.33. The van der Waals surface area contributed by atoms with E-state index >= 15 is 0 Å². The number of aromatic nitrogens is 3. The summed E-state index contributed by atoms with van der Waals surface area (Å²) in [6.45, 7) is 6.60. The van der Waals surface area contributed by atoms with Crippen molar-refractivity contribution in [1.29, 1.82) is 0 Å². The summed E-state index contributed by atoms with van der Waals surface area (Å²) in [5.41, 5.74) is 4.38. The molecule has 0 N–H and O–H groups in total. The van der Waals surface area contributed by atoms with Gasteiger partial charge in [0.05, 0.1) is 30.9 Å². The first-order valence-electron chi connectivity index (χ1n) is 9.33. The molecule has 5 nitrogen and oxygen atoms in total. The number of ether oxygens (including phenoxy) is 1. The predicted octanol–water partition coefficient (Wildman–Crippen LogP) is 4.29. The highest BCUT2D eigenvalue weighted by atomic mass is 16.5. The van der Waals surface area contributed by atoms with E-state index in [4.69, 9.17) is 14.2 Å². The summed E-state index contributed by atoms with van der Waals surface area (Å²) >= 11 is 0. The first-order chi connectivity index (χ1) is 12.7. The molecular weight excluding hydrogens is 326 g/mol. The van der Waals surface area contributed by atoms with Crippen LogP contribution in [0, 0.1) is 5.92 Å². The molecule has 4 rings (SSSR count). The lowest BCUT2D eigenvalue weighted by Crippen LogP contribution is -2.10. The fourth-order valence-electron chi connectivity index (χ4n) is 3.62. The van der Waals surface area contributed by atoms with Crippen LogP contribution in [-0.4, -0.2) is 27.9 Å². The van der Waals surface area contributed by atoms with Gasteiger partial charge in [0.2, 0.25) is 0 Å². The van der Waals surface area contributed by atoms with E-state index in [2.05, 4.69) is 53.9 Å². The first-order valence-corrected chi connectivity index (χ1v) is 9.33. The molecule has 5 heteroatoms. The monoisotopic (exact) mass is 351 g/mol. The van der Waals surface area contributed by atoms with Crippen molar-refractivity contribution in [3.8, 4) is 11.3 Å². The Morgan fingerprint density at radius 2 is 2.08 bits per heavy atom. The van der Waals surface area contributed by atoms with E-state index in [0.29, 0.717) is 18.4 Å². The minimum Gasteiger partial charge on any atom is -0.381 e. The molecule has 1 aliphatic heterocycles. The molecule has 0 saturated carbocycles. The van der Waals surface area contributed by atoms with Crippen molar-refractivity contribution >= 4 is 0 Å². The number of hydrogen-bond donors (Lipinski definition) is 0. The molecule has 136 valence electrons. The standard InChI is InChI=1S/C21H25N3O2/c1-15(2)10-19-11-18(23-26-19)12-24-14-22-20(16-6-4-3-5-7-16)21(24)17-8-9-25-13-17/h3-7,11,14-15,17H,8-10,12-13H2,1-2H3/t17-/m1/s1. The van der Waals surface area contributed by atoms with Crippen molar-refractivity contribution in [3.05, 3.63) is 59.9 Å². The summed E-state index contributed by atoms with van der Waals surface area (Å²) in [4.78, 5) is 4.73. The molecular formula is C21H25N3O2. The maximum absolute atomic E-state index is 5.65. The van der Waals surface area contributed by atoms with Gasteiger partial charge in [0, 0.05) is 30.6 Å². The Morgan fingerprint density at radius 3 is 2.81 bits per heavy atom. The summed E-state index contributed by atoms with van der Waals surface area (Å²) in [5, 5.41) is 4.26. The Morgan fingerprint density at radius 1 is 1.23 bits per heavy atom. The average Bonchev–Trinajstić information content (AvgIpc) is 3.36. The summed E-state index contributed by atoms with van der Waals surface area (Å²) in [7, 11) is 0. The molecule has 3 aromatic rings. The van der Waals surface area contributed by atoms with Crippen molar-refractivity contribution in [2.75, 3.05) is 13.2 Å². The van der Waals surface area contributed by atoms with Gasteiger partial charge in [-0.25, -0.2) is 4.98 Å². The average molecular weight is 351 g/mol. The van der Waals surface area contributed by atoms with Crippen LogP contribution in [0.15, 0.2) is 47.2 Å². The molecule has 0 aliphatic carbocycles. The van der Waals surface area contributed by atoms with E-state index in [1.165, 1.54) is 5.69 Å². The van der Waals surface area contributed by atoms with Crippen LogP contribution >= 0.6 is 0 Å². The minimum atomic E-state index is 0.370. The van der Waals surface area contributed by atoms with Gasteiger partial charge in [-0.05, 0) is 12.3 Å². The zero-order chi connectivity index (χ0) is 17.9. The van der Waals surface area contributed by atoms with E-state index in [9.17, 15) is 0 Å². The van der Waals surface area contributed by atoms with Crippen molar-refractivity contribution < 1.29 is 9.26 Å². The van der Waals surface area contributed by atoms with E-state index in [1.54, 1.807) is 0 Å². The zero-order valence-corrected chi connectivity index (χ0v) is 15.4. The van der Waals surface area contributed by atoms with Crippen LogP contribution in [0.3, 0.4) is 0 Å². The maximum atomic E-state index is 5.65. The Kier molecular flexibility index (Phi) is 4.89. The third kappa shape index (κ3) is 3.58. The number of nitrogens with zero attached hydrogens (tertiary/aromatic N) is 3. The van der Waals surface area contributed by atoms with Crippen LogP contribution in [-0.2, 0) is 17.7 Å². The van der Waals surface area contributed by atoms with Crippen LogP contribution < -0.4 is 0 Å². The molecule has 26 heavy (non-hydrogen) atoms.